The molecule has 0 radical (unpaired) electrons. The molecule has 4 nitrogen and oxygen atoms in total. The van der Waals surface area contributed by atoms with E-state index in [4.69, 9.17) is 4.74 Å². The Morgan fingerprint density at radius 2 is 1.79 bits per heavy atom. The molecule has 0 aliphatic carbocycles. The van der Waals surface area contributed by atoms with Gasteiger partial charge in [-0.05, 0) is 29.7 Å². The highest BCUT2D eigenvalue weighted by Crippen LogP contribution is 2.25. The summed E-state index contributed by atoms with van der Waals surface area (Å²) in [6, 6.07) is 12.5. The van der Waals surface area contributed by atoms with Crippen molar-refractivity contribution >= 4 is 27.6 Å². The summed E-state index contributed by atoms with van der Waals surface area (Å²) in [6.07, 6.45) is 0. The third-order valence-electron chi connectivity index (χ3n) is 2.96. The van der Waals surface area contributed by atoms with Crippen LogP contribution < -0.4 is 10.3 Å². The van der Waals surface area contributed by atoms with Crippen LogP contribution in [0.4, 0.5) is 0 Å². The van der Waals surface area contributed by atoms with Gasteiger partial charge in [0.2, 0.25) is 0 Å². The SMILES string of the molecule is CC(=O)Oc1ccc2[nH]c(=O)c3ccccc3c2c1. The lowest BCUT2D eigenvalue weighted by Gasteiger charge is -2.06. The van der Waals surface area contributed by atoms with E-state index >= 15 is 0 Å². The third-order valence-corrected chi connectivity index (χ3v) is 2.96. The van der Waals surface area contributed by atoms with E-state index in [1.807, 2.05) is 18.2 Å². The van der Waals surface area contributed by atoms with Crippen LogP contribution in [-0.4, -0.2) is 11.0 Å². The molecule has 19 heavy (non-hydrogen) atoms. The largest absolute Gasteiger partial charge is 0.427 e. The van der Waals surface area contributed by atoms with Gasteiger partial charge < -0.3 is 9.72 Å². The highest BCUT2D eigenvalue weighted by molar-refractivity contribution is 6.05. The molecule has 3 rings (SSSR count). The van der Waals surface area contributed by atoms with Crippen LogP contribution in [0.15, 0.2) is 47.3 Å². The summed E-state index contributed by atoms with van der Waals surface area (Å²) < 4.78 is 5.07. The van der Waals surface area contributed by atoms with Crippen LogP contribution >= 0.6 is 0 Å². The second kappa shape index (κ2) is 4.24. The molecule has 1 N–H and O–H groups in total. The summed E-state index contributed by atoms with van der Waals surface area (Å²) in [5.74, 6) is 0.102. The molecule has 0 aliphatic rings. The van der Waals surface area contributed by atoms with Crippen molar-refractivity contribution in [3.63, 3.8) is 0 Å². The molecule has 0 aliphatic heterocycles. The number of hydrogen-bond acceptors (Lipinski definition) is 3. The number of aromatic amines is 1. The number of pyridine rings is 1. The minimum absolute atomic E-state index is 0.122. The molecule has 0 atom stereocenters. The van der Waals surface area contributed by atoms with Gasteiger partial charge in [0, 0.05) is 23.2 Å². The fourth-order valence-electron chi connectivity index (χ4n) is 2.19. The van der Waals surface area contributed by atoms with Gasteiger partial charge in [0.25, 0.3) is 5.56 Å². The van der Waals surface area contributed by atoms with E-state index in [0.29, 0.717) is 11.1 Å². The molecule has 0 spiro atoms. The monoisotopic (exact) mass is 253 g/mol. The van der Waals surface area contributed by atoms with E-state index in [0.717, 1.165) is 16.3 Å². The summed E-state index contributed by atoms with van der Waals surface area (Å²) in [6.45, 7) is 1.36. The number of aromatic nitrogens is 1. The number of carbonyl (C=O) groups excluding carboxylic acids is 1. The van der Waals surface area contributed by atoms with E-state index in [9.17, 15) is 9.59 Å². The van der Waals surface area contributed by atoms with Crippen LogP contribution in [0.3, 0.4) is 0 Å². The van der Waals surface area contributed by atoms with Crippen LogP contribution in [0, 0.1) is 0 Å². The number of nitrogens with one attached hydrogen (secondary N) is 1. The lowest BCUT2D eigenvalue weighted by atomic mass is 10.1. The topological polar surface area (TPSA) is 59.2 Å². The van der Waals surface area contributed by atoms with Crippen molar-refractivity contribution < 1.29 is 9.53 Å². The maximum absolute atomic E-state index is 11.9. The number of ether oxygens (including phenoxy) is 1. The Kier molecular flexibility index (Phi) is 2.56. The van der Waals surface area contributed by atoms with Gasteiger partial charge in [0.1, 0.15) is 5.75 Å². The smallest absolute Gasteiger partial charge is 0.308 e. The number of carbonyl (C=O) groups is 1. The van der Waals surface area contributed by atoms with Crippen molar-refractivity contribution in [3.8, 4) is 5.75 Å². The Balaban J connectivity index is 2.37. The van der Waals surface area contributed by atoms with Crippen molar-refractivity contribution in [3.05, 3.63) is 52.8 Å². The number of esters is 1. The standard InChI is InChI=1S/C15H11NO3/c1-9(17)19-10-6-7-14-13(8-10)11-4-2-3-5-12(11)15(18)16-14/h2-8H,1H3,(H,16,18). The summed E-state index contributed by atoms with van der Waals surface area (Å²) >= 11 is 0. The maximum Gasteiger partial charge on any atom is 0.308 e. The van der Waals surface area contributed by atoms with E-state index in [1.165, 1.54) is 6.92 Å². The first kappa shape index (κ1) is 11.5. The predicted octanol–water partition coefficient (Wildman–Crippen LogP) is 2.61. The quantitative estimate of drug-likeness (QED) is 0.412. The van der Waals surface area contributed by atoms with Crippen LogP contribution in [0.5, 0.6) is 5.75 Å². The number of benzene rings is 2. The summed E-state index contributed by atoms with van der Waals surface area (Å²) in [5.41, 5.74) is 0.600. The molecule has 0 fully saturated rings. The van der Waals surface area contributed by atoms with Crippen molar-refractivity contribution in [2.45, 2.75) is 6.92 Å². The van der Waals surface area contributed by atoms with Crippen molar-refractivity contribution in [1.29, 1.82) is 0 Å². The highest BCUT2D eigenvalue weighted by atomic mass is 16.5. The first-order chi connectivity index (χ1) is 9.15. The molecule has 94 valence electrons. The average Bonchev–Trinajstić information content (AvgIpc) is 2.39. The first-order valence-electron chi connectivity index (χ1n) is 5.88. The van der Waals surface area contributed by atoms with Gasteiger partial charge in [0.15, 0.2) is 0 Å². The van der Waals surface area contributed by atoms with Gasteiger partial charge in [0.05, 0.1) is 0 Å². The molecule has 0 unspecified atom stereocenters. The van der Waals surface area contributed by atoms with Gasteiger partial charge in [-0.25, -0.2) is 0 Å². The van der Waals surface area contributed by atoms with Gasteiger partial charge >= 0.3 is 5.97 Å². The molecule has 1 heterocycles. The number of H-pyrrole nitrogens is 1. The Labute approximate surface area is 108 Å². The zero-order valence-corrected chi connectivity index (χ0v) is 10.3. The Hall–Kier alpha value is -2.62. The third kappa shape index (κ3) is 1.97. The van der Waals surface area contributed by atoms with Gasteiger partial charge in [-0.3, -0.25) is 9.59 Å². The van der Waals surface area contributed by atoms with Crippen molar-refractivity contribution in [2.24, 2.45) is 0 Å². The average molecular weight is 253 g/mol. The molecule has 0 bridgehead atoms. The predicted molar refractivity (Wildman–Crippen MR) is 73.4 cm³/mol. The second-order valence-electron chi connectivity index (χ2n) is 4.30. The fraction of sp³-hybridized carbons (Fsp3) is 0.0667. The van der Waals surface area contributed by atoms with E-state index in [-0.39, 0.29) is 11.5 Å². The molecule has 0 amide bonds. The van der Waals surface area contributed by atoms with Gasteiger partial charge in [-0.15, -0.1) is 0 Å². The zero-order valence-electron chi connectivity index (χ0n) is 10.3. The molecule has 2 aromatic carbocycles. The Morgan fingerprint density at radius 3 is 2.53 bits per heavy atom. The lowest BCUT2D eigenvalue weighted by Crippen LogP contribution is -2.06. The van der Waals surface area contributed by atoms with Crippen LogP contribution in [-0.2, 0) is 4.79 Å². The second-order valence-corrected chi connectivity index (χ2v) is 4.30. The summed E-state index contributed by atoms with van der Waals surface area (Å²) in [5, 5.41) is 2.32. The number of rotatable bonds is 1. The van der Waals surface area contributed by atoms with Crippen LogP contribution in [0.2, 0.25) is 0 Å². The molecular formula is C15H11NO3. The number of hydrogen-bond donors (Lipinski definition) is 1. The molecule has 4 heteroatoms. The van der Waals surface area contributed by atoms with Gasteiger partial charge in [-0.1, -0.05) is 18.2 Å². The summed E-state index contributed by atoms with van der Waals surface area (Å²) in [7, 11) is 0. The zero-order chi connectivity index (χ0) is 13.4. The normalized spacial score (nSPS) is 10.8. The Morgan fingerprint density at radius 1 is 1.05 bits per heavy atom. The minimum Gasteiger partial charge on any atom is -0.427 e. The lowest BCUT2D eigenvalue weighted by molar-refractivity contribution is -0.131. The molecule has 0 saturated carbocycles. The van der Waals surface area contributed by atoms with Gasteiger partial charge in [-0.2, -0.15) is 0 Å². The van der Waals surface area contributed by atoms with E-state index < -0.39 is 0 Å². The fourth-order valence-corrected chi connectivity index (χ4v) is 2.19. The molecule has 1 aromatic heterocycles. The van der Waals surface area contributed by atoms with E-state index in [1.54, 1.807) is 24.3 Å². The first-order valence-corrected chi connectivity index (χ1v) is 5.88. The summed E-state index contributed by atoms with van der Waals surface area (Å²) in [4.78, 5) is 25.7. The molecule has 0 saturated heterocycles. The number of fused-ring (bicyclic) bond motifs is 3. The van der Waals surface area contributed by atoms with Crippen LogP contribution in [0.25, 0.3) is 21.7 Å². The molecule has 3 aromatic rings. The highest BCUT2D eigenvalue weighted by Gasteiger charge is 2.06. The van der Waals surface area contributed by atoms with Crippen molar-refractivity contribution in [1.82, 2.24) is 4.98 Å². The van der Waals surface area contributed by atoms with Crippen LogP contribution in [0.1, 0.15) is 6.92 Å². The molecular weight excluding hydrogens is 242 g/mol. The maximum atomic E-state index is 11.9. The minimum atomic E-state index is -0.368. The van der Waals surface area contributed by atoms with Crippen molar-refractivity contribution in [2.75, 3.05) is 0 Å². The van der Waals surface area contributed by atoms with E-state index in [2.05, 4.69) is 4.98 Å². The Bertz CT molecular complexity index is 849.